The Balaban J connectivity index is 4.46. The van der Waals surface area contributed by atoms with Crippen molar-refractivity contribution in [3.63, 3.8) is 0 Å². The zero-order valence-corrected chi connectivity index (χ0v) is 12.3. The molecule has 0 fully saturated rings. The molecule has 9 heteroatoms. The first-order valence-electron chi connectivity index (χ1n) is 6.54. The summed E-state index contributed by atoms with van der Waals surface area (Å²) in [6, 6.07) is -1.74. The molecular weight excluding hydrogens is 280 g/mol. The topological polar surface area (TPSA) is 151 Å². The largest absolute Gasteiger partial charge is 0.465 e. The molecule has 0 aliphatic rings. The molecule has 21 heavy (non-hydrogen) atoms. The molecule has 3 unspecified atom stereocenters. The average molecular weight is 302 g/mol. The number of rotatable bonds is 8. The predicted octanol–water partition coefficient (Wildman–Crippen LogP) is -1.23. The van der Waals surface area contributed by atoms with Gasteiger partial charge in [-0.3, -0.25) is 14.4 Å². The monoisotopic (exact) mass is 302 g/mol. The molecule has 0 bridgehead atoms. The molecular formula is C12H22N4O5. The van der Waals surface area contributed by atoms with Gasteiger partial charge in [-0.2, -0.15) is 0 Å². The Kier molecular flexibility index (Phi) is 7.80. The number of amides is 4. The summed E-state index contributed by atoms with van der Waals surface area (Å²) in [4.78, 5) is 44.8. The van der Waals surface area contributed by atoms with Crippen LogP contribution >= 0.6 is 0 Å². The number of nitrogens with one attached hydrogen (secondary N) is 3. The van der Waals surface area contributed by atoms with E-state index in [2.05, 4.69) is 10.6 Å². The zero-order valence-electron chi connectivity index (χ0n) is 12.3. The van der Waals surface area contributed by atoms with E-state index in [-0.39, 0.29) is 5.92 Å². The summed E-state index contributed by atoms with van der Waals surface area (Å²) in [5.74, 6) is -2.01. The van der Waals surface area contributed by atoms with E-state index in [0.29, 0.717) is 6.42 Å². The van der Waals surface area contributed by atoms with Crippen LogP contribution in [-0.4, -0.2) is 47.5 Å². The third-order valence-electron chi connectivity index (χ3n) is 2.99. The van der Waals surface area contributed by atoms with E-state index in [0.717, 1.165) is 0 Å². The van der Waals surface area contributed by atoms with Gasteiger partial charge in [0.25, 0.3) is 0 Å². The molecule has 0 aliphatic carbocycles. The lowest BCUT2D eigenvalue weighted by atomic mass is 9.98. The first-order chi connectivity index (χ1) is 9.68. The van der Waals surface area contributed by atoms with Crippen molar-refractivity contribution in [3.05, 3.63) is 0 Å². The van der Waals surface area contributed by atoms with Gasteiger partial charge in [-0.25, -0.2) is 4.79 Å². The summed E-state index contributed by atoms with van der Waals surface area (Å²) in [6.07, 6.45) is -0.690. The van der Waals surface area contributed by atoms with Gasteiger partial charge in [0.2, 0.25) is 17.7 Å². The van der Waals surface area contributed by atoms with Crippen LogP contribution in [0, 0.1) is 5.92 Å². The third kappa shape index (κ3) is 7.14. The molecule has 3 atom stereocenters. The van der Waals surface area contributed by atoms with Crippen LogP contribution in [0.2, 0.25) is 0 Å². The van der Waals surface area contributed by atoms with Crippen molar-refractivity contribution >= 4 is 23.8 Å². The van der Waals surface area contributed by atoms with E-state index in [1.54, 1.807) is 6.92 Å². The smallest absolute Gasteiger partial charge is 0.405 e. The van der Waals surface area contributed by atoms with Gasteiger partial charge in [0, 0.05) is 0 Å². The Morgan fingerprint density at radius 2 is 1.71 bits per heavy atom. The Morgan fingerprint density at radius 3 is 2.14 bits per heavy atom. The van der Waals surface area contributed by atoms with Crippen LogP contribution in [0.5, 0.6) is 0 Å². The number of carboxylic acid groups (broad SMARTS) is 1. The number of carbonyl (C=O) groups is 4. The SMILES string of the molecule is CCC(C)C(NC(=O)C(C)NC(=O)CNC(=O)O)C(N)=O. The molecule has 0 radical (unpaired) electrons. The minimum absolute atomic E-state index is 0.136. The zero-order chi connectivity index (χ0) is 16.6. The number of primary amides is 1. The van der Waals surface area contributed by atoms with Gasteiger partial charge < -0.3 is 26.8 Å². The molecule has 0 saturated carbocycles. The van der Waals surface area contributed by atoms with Gasteiger partial charge in [-0.1, -0.05) is 20.3 Å². The summed E-state index contributed by atoms with van der Waals surface area (Å²) in [7, 11) is 0. The number of hydrogen-bond acceptors (Lipinski definition) is 4. The standard InChI is InChI=1S/C12H22N4O5/c1-4-6(2)9(10(13)18)16-11(19)7(3)15-8(17)5-14-12(20)21/h6-7,9,14H,4-5H2,1-3H3,(H2,13,18)(H,15,17)(H,16,19)(H,20,21). The molecule has 120 valence electrons. The van der Waals surface area contributed by atoms with Crippen LogP contribution < -0.4 is 21.7 Å². The normalized spacial score (nSPS) is 14.4. The maximum Gasteiger partial charge on any atom is 0.405 e. The summed E-state index contributed by atoms with van der Waals surface area (Å²) in [5, 5.41) is 15.0. The molecule has 0 spiro atoms. The number of nitrogens with two attached hydrogens (primary N) is 1. The van der Waals surface area contributed by atoms with Crippen molar-refractivity contribution in [2.45, 2.75) is 39.3 Å². The minimum Gasteiger partial charge on any atom is -0.465 e. The van der Waals surface area contributed by atoms with Gasteiger partial charge in [0.05, 0.1) is 0 Å². The van der Waals surface area contributed by atoms with Crippen molar-refractivity contribution < 1.29 is 24.3 Å². The highest BCUT2D eigenvalue weighted by atomic mass is 16.4. The fraction of sp³-hybridized carbons (Fsp3) is 0.667. The lowest BCUT2D eigenvalue weighted by Crippen LogP contribution is -2.54. The predicted molar refractivity (Wildman–Crippen MR) is 74.2 cm³/mol. The van der Waals surface area contributed by atoms with Crippen LogP contribution in [0.3, 0.4) is 0 Å². The van der Waals surface area contributed by atoms with Gasteiger partial charge in [0.1, 0.15) is 18.6 Å². The molecule has 0 aromatic carbocycles. The van der Waals surface area contributed by atoms with Crippen molar-refractivity contribution in [3.8, 4) is 0 Å². The van der Waals surface area contributed by atoms with E-state index in [1.807, 2.05) is 12.2 Å². The van der Waals surface area contributed by atoms with Crippen LogP contribution in [-0.2, 0) is 14.4 Å². The second-order valence-corrected chi connectivity index (χ2v) is 4.72. The first kappa shape index (κ1) is 18.7. The lowest BCUT2D eigenvalue weighted by Gasteiger charge is -2.23. The molecule has 9 nitrogen and oxygen atoms in total. The Bertz CT molecular complexity index is 412. The van der Waals surface area contributed by atoms with E-state index < -0.39 is 42.4 Å². The van der Waals surface area contributed by atoms with Gasteiger partial charge in [-0.15, -0.1) is 0 Å². The van der Waals surface area contributed by atoms with Crippen molar-refractivity contribution in [1.29, 1.82) is 0 Å². The average Bonchev–Trinajstić information content (AvgIpc) is 2.40. The molecule has 0 aromatic heterocycles. The Hall–Kier alpha value is -2.32. The molecule has 4 amide bonds. The van der Waals surface area contributed by atoms with Gasteiger partial charge in [-0.05, 0) is 12.8 Å². The Labute approximate surface area is 122 Å². The molecule has 0 aromatic rings. The Morgan fingerprint density at radius 1 is 1.14 bits per heavy atom. The van der Waals surface area contributed by atoms with Crippen LogP contribution in [0.15, 0.2) is 0 Å². The minimum atomic E-state index is -1.34. The number of carbonyl (C=O) groups excluding carboxylic acids is 3. The van der Waals surface area contributed by atoms with E-state index in [1.165, 1.54) is 6.92 Å². The molecule has 0 rings (SSSR count). The van der Waals surface area contributed by atoms with Crippen molar-refractivity contribution in [1.82, 2.24) is 16.0 Å². The maximum absolute atomic E-state index is 11.9. The highest BCUT2D eigenvalue weighted by Crippen LogP contribution is 2.07. The third-order valence-corrected chi connectivity index (χ3v) is 2.99. The summed E-state index contributed by atoms with van der Waals surface area (Å²) >= 11 is 0. The second-order valence-electron chi connectivity index (χ2n) is 4.72. The fourth-order valence-corrected chi connectivity index (χ4v) is 1.52. The number of hydrogen-bond donors (Lipinski definition) is 5. The van der Waals surface area contributed by atoms with Crippen LogP contribution in [0.1, 0.15) is 27.2 Å². The molecule has 0 aliphatic heterocycles. The summed E-state index contributed by atoms with van der Waals surface area (Å²) < 4.78 is 0. The first-order valence-corrected chi connectivity index (χ1v) is 6.54. The second kappa shape index (κ2) is 8.77. The highest BCUT2D eigenvalue weighted by Gasteiger charge is 2.26. The van der Waals surface area contributed by atoms with Gasteiger partial charge in [0.15, 0.2) is 0 Å². The van der Waals surface area contributed by atoms with E-state index in [4.69, 9.17) is 10.8 Å². The van der Waals surface area contributed by atoms with Crippen molar-refractivity contribution in [2.24, 2.45) is 11.7 Å². The molecule has 6 N–H and O–H groups in total. The van der Waals surface area contributed by atoms with E-state index >= 15 is 0 Å². The summed E-state index contributed by atoms with van der Waals surface area (Å²) in [5.41, 5.74) is 5.23. The molecule has 0 heterocycles. The highest BCUT2D eigenvalue weighted by molar-refractivity contribution is 5.92. The maximum atomic E-state index is 11.9. The molecule has 0 saturated heterocycles. The summed E-state index contributed by atoms with van der Waals surface area (Å²) in [6.45, 7) is 4.59. The quantitative estimate of drug-likeness (QED) is 0.380. The lowest BCUT2D eigenvalue weighted by molar-refractivity contribution is -0.131. The van der Waals surface area contributed by atoms with Crippen LogP contribution in [0.25, 0.3) is 0 Å². The van der Waals surface area contributed by atoms with Crippen LogP contribution in [0.4, 0.5) is 4.79 Å². The van der Waals surface area contributed by atoms with Crippen molar-refractivity contribution in [2.75, 3.05) is 6.54 Å². The van der Waals surface area contributed by atoms with E-state index in [9.17, 15) is 19.2 Å². The fourth-order valence-electron chi connectivity index (χ4n) is 1.52. The van der Waals surface area contributed by atoms with Gasteiger partial charge >= 0.3 is 6.09 Å².